The molecular formula is C20H23ClFNOS. The molecule has 2 aromatic rings. The van der Waals surface area contributed by atoms with Gasteiger partial charge in [-0.25, -0.2) is 4.39 Å². The van der Waals surface area contributed by atoms with Crippen LogP contribution in [0.2, 0.25) is 5.02 Å². The zero-order chi connectivity index (χ0) is 18.4. The highest BCUT2D eigenvalue weighted by Crippen LogP contribution is 2.22. The Morgan fingerprint density at radius 1 is 1.20 bits per heavy atom. The van der Waals surface area contributed by atoms with Crippen molar-refractivity contribution in [2.24, 2.45) is 0 Å². The molecule has 0 heterocycles. The molecule has 2 rings (SSSR count). The summed E-state index contributed by atoms with van der Waals surface area (Å²) < 4.78 is 13.7. The molecule has 134 valence electrons. The van der Waals surface area contributed by atoms with Crippen molar-refractivity contribution >= 4 is 29.3 Å². The third-order valence-electron chi connectivity index (χ3n) is 4.18. The molecule has 1 amide bonds. The van der Waals surface area contributed by atoms with E-state index in [0.29, 0.717) is 22.1 Å². The fraction of sp³-hybridized carbons (Fsp3) is 0.350. The van der Waals surface area contributed by atoms with E-state index in [1.807, 2.05) is 0 Å². The number of hydrogen-bond donors (Lipinski definition) is 1. The van der Waals surface area contributed by atoms with Crippen LogP contribution in [-0.2, 0) is 10.5 Å². The molecule has 1 atom stereocenters. The van der Waals surface area contributed by atoms with Crippen LogP contribution >= 0.6 is 23.4 Å². The Morgan fingerprint density at radius 2 is 1.96 bits per heavy atom. The molecule has 0 fully saturated rings. The molecular weight excluding hydrogens is 357 g/mol. The van der Waals surface area contributed by atoms with Crippen molar-refractivity contribution < 1.29 is 9.18 Å². The summed E-state index contributed by atoms with van der Waals surface area (Å²) in [4.78, 5) is 12.2. The SMILES string of the molecule is CC[C@@H](NC(=O)CSCc1ccc(Cl)cc1F)c1ccc(C)c(C)c1. The fourth-order valence-electron chi connectivity index (χ4n) is 2.53. The van der Waals surface area contributed by atoms with Gasteiger partial charge in [-0.15, -0.1) is 11.8 Å². The van der Waals surface area contributed by atoms with Gasteiger partial charge in [-0.1, -0.05) is 42.8 Å². The van der Waals surface area contributed by atoms with E-state index in [0.717, 1.165) is 12.0 Å². The molecule has 0 saturated carbocycles. The maximum atomic E-state index is 13.7. The largest absolute Gasteiger partial charge is 0.349 e. The lowest BCUT2D eigenvalue weighted by atomic mass is 9.99. The van der Waals surface area contributed by atoms with Gasteiger partial charge in [0.15, 0.2) is 0 Å². The Balaban J connectivity index is 1.88. The number of aryl methyl sites for hydroxylation is 2. The Labute approximate surface area is 158 Å². The van der Waals surface area contributed by atoms with Gasteiger partial charge in [0.25, 0.3) is 0 Å². The van der Waals surface area contributed by atoms with E-state index in [4.69, 9.17) is 11.6 Å². The second kappa shape index (κ2) is 9.25. The Bertz CT molecular complexity index is 750. The average molecular weight is 380 g/mol. The first-order chi connectivity index (χ1) is 11.9. The third kappa shape index (κ3) is 5.75. The van der Waals surface area contributed by atoms with E-state index >= 15 is 0 Å². The Morgan fingerprint density at radius 3 is 2.60 bits per heavy atom. The lowest BCUT2D eigenvalue weighted by Gasteiger charge is -2.18. The van der Waals surface area contributed by atoms with Gasteiger partial charge < -0.3 is 5.32 Å². The lowest BCUT2D eigenvalue weighted by Crippen LogP contribution is -2.29. The van der Waals surface area contributed by atoms with Crippen LogP contribution in [0.1, 0.15) is 41.6 Å². The molecule has 1 N–H and O–H groups in total. The summed E-state index contributed by atoms with van der Waals surface area (Å²) in [5.41, 5.74) is 4.14. The normalized spacial score (nSPS) is 12.0. The van der Waals surface area contributed by atoms with E-state index in [-0.39, 0.29) is 17.8 Å². The van der Waals surface area contributed by atoms with Crippen LogP contribution in [0.3, 0.4) is 0 Å². The second-order valence-corrected chi connectivity index (χ2v) is 7.52. The number of benzene rings is 2. The van der Waals surface area contributed by atoms with Crippen LogP contribution < -0.4 is 5.32 Å². The van der Waals surface area contributed by atoms with Gasteiger partial charge in [0.05, 0.1) is 11.8 Å². The number of halogens is 2. The summed E-state index contributed by atoms with van der Waals surface area (Å²) in [6, 6.07) is 10.9. The molecule has 0 saturated heterocycles. The van der Waals surface area contributed by atoms with Crippen molar-refractivity contribution in [1.82, 2.24) is 5.32 Å². The summed E-state index contributed by atoms with van der Waals surface area (Å²) >= 11 is 7.14. The topological polar surface area (TPSA) is 29.1 Å². The molecule has 0 aliphatic heterocycles. The van der Waals surface area contributed by atoms with Gasteiger partial charge in [-0.3, -0.25) is 4.79 Å². The standard InChI is InChI=1S/C20H23ClFNOS/c1-4-19(15-6-5-13(2)14(3)9-15)23-20(24)12-25-11-16-7-8-17(21)10-18(16)22/h5-10,19H,4,11-12H2,1-3H3,(H,23,24)/t19-/m1/s1. The number of rotatable bonds is 7. The van der Waals surface area contributed by atoms with Crippen LogP contribution in [0, 0.1) is 19.7 Å². The third-order valence-corrected chi connectivity index (χ3v) is 5.40. The second-order valence-electron chi connectivity index (χ2n) is 6.10. The minimum absolute atomic E-state index is 0.000307. The first-order valence-corrected chi connectivity index (χ1v) is 9.82. The molecule has 0 aliphatic carbocycles. The Kier molecular flexibility index (Phi) is 7.33. The monoisotopic (exact) mass is 379 g/mol. The molecule has 0 spiro atoms. The highest BCUT2D eigenvalue weighted by atomic mass is 35.5. The van der Waals surface area contributed by atoms with Gasteiger partial charge in [0, 0.05) is 10.8 Å². The van der Waals surface area contributed by atoms with E-state index in [1.165, 1.54) is 29.0 Å². The first kappa shape index (κ1) is 19.8. The van der Waals surface area contributed by atoms with Gasteiger partial charge in [0.2, 0.25) is 5.91 Å². The van der Waals surface area contributed by atoms with Crippen molar-refractivity contribution in [1.29, 1.82) is 0 Å². The average Bonchev–Trinajstić information content (AvgIpc) is 2.57. The fourth-order valence-corrected chi connectivity index (χ4v) is 3.51. The number of nitrogens with one attached hydrogen (secondary N) is 1. The maximum Gasteiger partial charge on any atom is 0.230 e. The number of amides is 1. The summed E-state index contributed by atoms with van der Waals surface area (Å²) in [5.74, 6) is 0.367. The van der Waals surface area contributed by atoms with Crippen LogP contribution in [0.5, 0.6) is 0 Å². The van der Waals surface area contributed by atoms with Crippen molar-refractivity contribution in [2.75, 3.05) is 5.75 Å². The highest BCUT2D eigenvalue weighted by Gasteiger charge is 2.13. The molecule has 0 aliphatic rings. The number of thioether (sulfide) groups is 1. The molecule has 0 radical (unpaired) electrons. The highest BCUT2D eigenvalue weighted by molar-refractivity contribution is 7.99. The van der Waals surface area contributed by atoms with Gasteiger partial charge in [-0.05, 0) is 54.7 Å². The summed E-state index contributed by atoms with van der Waals surface area (Å²) in [7, 11) is 0. The van der Waals surface area contributed by atoms with E-state index in [9.17, 15) is 9.18 Å². The smallest absolute Gasteiger partial charge is 0.230 e. The number of hydrogen-bond acceptors (Lipinski definition) is 2. The van der Waals surface area contributed by atoms with Gasteiger partial charge in [-0.2, -0.15) is 0 Å². The van der Waals surface area contributed by atoms with Crippen molar-refractivity contribution in [3.63, 3.8) is 0 Å². The van der Waals surface area contributed by atoms with Crippen LogP contribution in [0.15, 0.2) is 36.4 Å². The van der Waals surface area contributed by atoms with E-state index in [2.05, 4.69) is 44.3 Å². The van der Waals surface area contributed by atoms with Gasteiger partial charge in [0.1, 0.15) is 5.82 Å². The minimum Gasteiger partial charge on any atom is -0.349 e. The lowest BCUT2D eigenvalue weighted by molar-refractivity contribution is -0.119. The zero-order valence-electron chi connectivity index (χ0n) is 14.7. The van der Waals surface area contributed by atoms with E-state index in [1.54, 1.807) is 12.1 Å². The molecule has 0 aromatic heterocycles. The summed E-state index contributed by atoms with van der Waals surface area (Å²) in [5, 5.41) is 3.44. The maximum absolute atomic E-state index is 13.7. The molecule has 2 nitrogen and oxygen atoms in total. The van der Waals surface area contributed by atoms with E-state index < -0.39 is 0 Å². The predicted molar refractivity (Wildman–Crippen MR) is 105 cm³/mol. The summed E-state index contributed by atoms with van der Waals surface area (Å²) in [6.07, 6.45) is 0.824. The predicted octanol–water partition coefficient (Wildman–Crippen LogP) is 5.60. The Hall–Kier alpha value is -1.52. The molecule has 0 unspecified atom stereocenters. The first-order valence-electron chi connectivity index (χ1n) is 8.29. The van der Waals surface area contributed by atoms with Crippen LogP contribution in [0.4, 0.5) is 4.39 Å². The summed E-state index contributed by atoms with van der Waals surface area (Å²) in [6.45, 7) is 6.20. The molecule has 25 heavy (non-hydrogen) atoms. The zero-order valence-corrected chi connectivity index (χ0v) is 16.3. The number of carbonyl (C=O) groups excluding carboxylic acids is 1. The molecule has 5 heteroatoms. The molecule has 2 aromatic carbocycles. The van der Waals surface area contributed by atoms with Gasteiger partial charge >= 0.3 is 0 Å². The minimum atomic E-state index is -0.332. The van der Waals surface area contributed by atoms with Crippen molar-refractivity contribution in [2.45, 2.75) is 39.0 Å². The van der Waals surface area contributed by atoms with Crippen molar-refractivity contribution in [3.8, 4) is 0 Å². The van der Waals surface area contributed by atoms with Crippen LogP contribution in [-0.4, -0.2) is 11.7 Å². The molecule has 0 bridgehead atoms. The van der Waals surface area contributed by atoms with Crippen LogP contribution in [0.25, 0.3) is 0 Å². The number of carbonyl (C=O) groups is 1. The quantitative estimate of drug-likeness (QED) is 0.678. The van der Waals surface area contributed by atoms with Crippen molar-refractivity contribution in [3.05, 3.63) is 69.5 Å².